The summed E-state index contributed by atoms with van der Waals surface area (Å²) in [6.45, 7) is 0.382. The van der Waals surface area contributed by atoms with Gasteiger partial charge in [0.25, 0.3) is 5.91 Å². The van der Waals surface area contributed by atoms with E-state index in [4.69, 9.17) is 4.74 Å². The van der Waals surface area contributed by atoms with Crippen LogP contribution in [0.4, 0.5) is 10.1 Å². The summed E-state index contributed by atoms with van der Waals surface area (Å²) in [5.41, 5.74) is 1.53. The molecule has 146 valence electrons. The van der Waals surface area contributed by atoms with Gasteiger partial charge in [-0.05, 0) is 36.2 Å². The Morgan fingerprint density at radius 1 is 1.11 bits per heavy atom. The number of rotatable bonds is 7. The predicted octanol–water partition coefficient (Wildman–Crippen LogP) is 2.40. The molecule has 7 heteroatoms. The number of likely N-dealkylation sites (tertiary alicyclic amines) is 1. The minimum Gasteiger partial charge on any atom is -0.455 e. The maximum absolute atomic E-state index is 12.9. The Bertz CT molecular complexity index is 839. The Labute approximate surface area is 162 Å². The molecular weight excluding hydrogens is 363 g/mol. The molecule has 6 nitrogen and oxygen atoms in total. The van der Waals surface area contributed by atoms with Crippen LogP contribution in [0.2, 0.25) is 0 Å². The summed E-state index contributed by atoms with van der Waals surface area (Å²) in [4.78, 5) is 37.8. The van der Waals surface area contributed by atoms with Gasteiger partial charge in [0, 0.05) is 25.2 Å². The molecule has 28 heavy (non-hydrogen) atoms. The van der Waals surface area contributed by atoms with Crippen molar-refractivity contribution in [2.45, 2.75) is 12.8 Å². The first-order chi connectivity index (χ1) is 13.5. The van der Waals surface area contributed by atoms with E-state index in [2.05, 4.69) is 5.32 Å². The maximum atomic E-state index is 12.9. The van der Waals surface area contributed by atoms with Crippen molar-refractivity contribution in [3.05, 3.63) is 66.0 Å². The minimum absolute atomic E-state index is 0.0892. The predicted molar refractivity (Wildman–Crippen MR) is 101 cm³/mol. The average Bonchev–Trinajstić information content (AvgIpc) is 3.08. The van der Waals surface area contributed by atoms with Crippen LogP contribution in [0.3, 0.4) is 0 Å². The highest BCUT2D eigenvalue weighted by molar-refractivity contribution is 5.93. The van der Waals surface area contributed by atoms with Crippen molar-refractivity contribution in [3.8, 4) is 0 Å². The number of hydrogen-bond acceptors (Lipinski definition) is 4. The molecule has 1 saturated heterocycles. The lowest BCUT2D eigenvalue weighted by Crippen LogP contribution is -2.29. The smallest absolute Gasteiger partial charge is 0.311 e. The highest BCUT2D eigenvalue weighted by atomic mass is 19.1. The van der Waals surface area contributed by atoms with Gasteiger partial charge in [-0.3, -0.25) is 14.4 Å². The molecule has 2 amide bonds. The quantitative estimate of drug-likeness (QED) is 0.744. The summed E-state index contributed by atoms with van der Waals surface area (Å²) < 4.78 is 17.9. The Hall–Kier alpha value is -3.22. The van der Waals surface area contributed by atoms with Gasteiger partial charge in [0.2, 0.25) is 5.91 Å². The van der Waals surface area contributed by atoms with Crippen LogP contribution in [0, 0.1) is 11.7 Å². The van der Waals surface area contributed by atoms with E-state index in [-0.39, 0.29) is 12.3 Å². The molecule has 1 heterocycles. The van der Waals surface area contributed by atoms with Crippen LogP contribution in [0.25, 0.3) is 0 Å². The highest BCUT2D eigenvalue weighted by Crippen LogP contribution is 2.20. The van der Waals surface area contributed by atoms with Gasteiger partial charge in [-0.15, -0.1) is 0 Å². The molecule has 0 saturated carbocycles. The van der Waals surface area contributed by atoms with Crippen molar-refractivity contribution < 1.29 is 23.5 Å². The fourth-order valence-corrected chi connectivity index (χ4v) is 3.04. The highest BCUT2D eigenvalue weighted by Gasteiger charge is 2.35. The van der Waals surface area contributed by atoms with Crippen molar-refractivity contribution in [3.63, 3.8) is 0 Å². The van der Waals surface area contributed by atoms with Gasteiger partial charge in [-0.2, -0.15) is 0 Å². The fourth-order valence-electron chi connectivity index (χ4n) is 3.04. The van der Waals surface area contributed by atoms with Gasteiger partial charge in [0.15, 0.2) is 6.61 Å². The normalized spacial score (nSPS) is 16.1. The zero-order chi connectivity index (χ0) is 19.9. The van der Waals surface area contributed by atoms with Crippen LogP contribution in [-0.4, -0.2) is 42.4 Å². The molecular formula is C21H21FN2O4. The SMILES string of the molecule is O=C(COC(=O)[C@H]1CC(=O)N(CCc2ccccc2)C1)Nc1ccc(F)cc1. The summed E-state index contributed by atoms with van der Waals surface area (Å²) in [6, 6.07) is 15.1. The molecule has 0 bridgehead atoms. The third kappa shape index (κ3) is 5.39. The lowest BCUT2D eigenvalue weighted by Gasteiger charge is -2.16. The molecule has 1 fully saturated rings. The number of halogens is 1. The monoisotopic (exact) mass is 384 g/mol. The molecule has 1 atom stereocenters. The Balaban J connectivity index is 1.42. The molecule has 1 aliphatic heterocycles. The van der Waals surface area contributed by atoms with Crippen LogP contribution in [0.1, 0.15) is 12.0 Å². The minimum atomic E-state index is -0.568. The summed E-state index contributed by atoms with van der Waals surface area (Å²) in [5, 5.41) is 2.51. The third-order valence-electron chi connectivity index (χ3n) is 4.53. The van der Waals surface area contributed by atoms with Crippen molar-refractivity contribution in [2.24, 2.45) is 5.92 Å². The second-order valence-electron chi connectivity index (χ2n) is 6.64. The van der Waals surface area contributed by atoms with Crippen LogP contribution < -0.4 is 5.32 Å². The Morgan fingerprint density at radius 3 is 2.54 bits per heavy atom. The lowest BCUT2D eigenvalue weighted by atomic mass is 10.1. The van der Waals surface area contributed by atoms with E-state index >= 15 is 0 Å². The van der Waals surface area contributed by atoms with E-state index in [0.717, 1.165) is 5.56 Å². The number of nitrogens with one attached hydrogen (secondary N) is 1. The molecule has 2 aromatic carbocycles. The first kappa shape index (κ1) is 19.5. The lowest BCUT2D eigenvalue weighted by molar-refractivity contribution is -0.151. The summed E-state index contributed by atoms with van der Waals surface area (Å²) in [7, 11) is 0. The zero-order valence-corrected chi connectivity index (χ0v) is 15.3. The molecule has 1 aliphatic rings. The average molecular weight is 384 g/mol. The van der Waals surface area contributed by atoms with Crippen LogP contribution in [0.5, 0.6) is 0 Å². The number of esters is 1. The summed E-state index contributed by atoms with van der Waals surface area (Å²) in [6.07, 6.45) is 0.807. The van der Waals surface area contributed by atoms with Crippen molar-refractivity contribution in [2.75, 3.05) is 25.0 Å². The molecule has 0 unspecified atom stereocenters. The van der Waals surface area contributed by atoms with E-state index in [0.29, 0.717) is 25.2 Å². The van der Waals surface area contributed by atoms with Crippen LogP contribution in [0.15, 0.2) is 54.6 Å². The van der Waals surface area contributed by atoms with Crippen molar-refractivity contribution in [1.29, 1.82) is 0 Å². The van der Waals surface area contributed by atoms with Crippen LogP contribution in [-0.2, 0) is 25.5 Å². The second-order valence-corrected chi connectivity index (χ2v) is 6.64. The van der Waals surface area contributed by atoms with E-state index in [1.165, 1.54) is 24.3 Å². The van der Waals surface area contributed by atoms with Gasteiger partial charge in [-0.1, -0.05) is 30.3 Å². The molecule has 0 aliphatic carbocycles. The van der Waals surface area contributed by atoms with Crippen molar-refractivity contribution >= 4 is 23.5 Å². The van der Waals surface area contributed by atoms with Crippen molar-refractivity contribution in [1.82, 2.24) is 4.90 Å². The second kappa shape index (κ2) is 9.12. The molecule has 0 spiro atoms. The van der Waals surface area contributed by atoms with E-state index in [1.807, 2.05) is 30.3 Å². The number of anilines is 1. The van der Waals surface area contributed by atoms with E-state index < -0.39 is 30.2 Å². The van der Waals surface area contributed by atoms with E-state index in [1.54, 1.807) is 4.90 Å². The van der Waals surface area contributed by atoms with Gasteiger partial charge >= 0.3 is 5.97 Å². The third-order valence-corrected chi connectivity index (χ3v) is 4.53. The first-order valence-corrected chi connectivity index (χ1v) is 9.05. The van der Waals surface area contributed by atoms with Crippen LogP contribution >= 0.6 is 0 Å². The molecule has 0 radical (unpaired) electrons. The number of ether oxygens (including phenoxy) is 1. The molecule has 2 aromatic rings. The standard InChI is InChI=1S/C21H21FN2O4/c22-17-6-8-18(9-7-17)23-19(25)14-28-21(27)16-12-20(26)24(13-16)11-10-15-4-2-1-3-5-15/h1-9,16H,10-14H2,(H,23,25)/t16-/m0/s1. The van der Waals surface area contributed by atoms with Gasteiger partial charge in [-0.25, -0.2) is 4.39 Å². The Kier molecular flexibility index (Phi) is 6.37. The fraction of sp³-hybridized carbons (Fsp3) is 0.286. The first-order valence-electron chi connectivity index (χ1n) is 9.05. The summed E-state index contributed by atoms with van der Waals surface area (Å²) >= 11 is 0. The molecule has 0 aromatic heterocycles. The molecule has 3 rings (SSSR count). The number of carbonyl (C=O) groups is 3. The Morgan fingerprint density at radius 2 is 1.82 bits per heavy atom. The number of carbonyl (C=O) groups excluding carboxylic acids is 3. The van der Waals surface area contributed by atoms with E-state index in [9.17, 15) is 18.8 Å². The maximum Gasteiger partial charge on any atom is 0.311 e. The number of nitrogens with zero attached hydrogens (tertiary/aromatic N) is 1. The largest absolute Gasteiger partial charge is 0.455 e. The number of amides is 2. The number of benzene rings is 2. The zero-order valence-electron chi connectivity index (χ0n) is 15.3. The molecule has 1 N–H and O–H groups in total. The summed E-state index contributed by atoms with van der Waals surface area (Å²) in [5.74, 6) is -2.15. The number of hydrogen-bond donors (Lipinski definition) is 1. The van der Waals surface area contributed by atoms with Gasteiger partial charge < -0.3 is 15.0 Å². The van der Waals surface area contributed by atoms with Gasteiger partial charge in [0.1, 0.15) is 5.82 Å². The topological polar surface area (TPSA) is 75.7 Å². The van der Waals surface area contributed by atoms with Gasteiger partial charge in [0.05, 0.1) is 5.92 Å².